The Bertz CT molecular complexity index is 317. The van der Waals surface area contributed by atoms with Gasteiger partial charge in [0, 0.05) is 11.4 Å². The fraction of sp³-hybridized carbons (Fsp3) is 0.500. The Morgan fingerprint density at radius 2 is 2.27 bits per heavy atom. The van der Waals surface area contributed by atoms with Gasteiger partial charge in [0.05, 0.1) is 3.79 Å². The molecule has 0 saturated heterocycles. The zero-order valence-electron chi connectivity index (χ0n) is 9.35. The van der Waals surface area contributed by atoms with E-state index in [9.17, 15) is 0 Å². The number of nitrogens with one attached hydrogen (secondary N) is 1. The second-order valence-corrected chi connectivity index (χ2v) is 5.97. The Labute approximate surface area is 105 Å². The first-order chi connectivity index (χ1) is 7.26. The molecule has 15 heavy (non-hydrogen) atoms. The molecule has 1 aromatic rings. The summed E-state index contributed by atoms with van der Waals surface area (Å²) in [5.74, 6) is 0. The lowest BCUT2D eigenvalue weighted by Gasteiger charge is -2.05. The van der Waals surface area contributed by atoms with Crippen molar-refractivity contribution < 1.29 is 0 Å². The van der Waals surface area contributed by atoms with E-state index >= 15 is 0 Å². The lowest BCUT2D eigenvalue weighted by molar-refractivity contribution is 0.706. The third-order valence-electron chi connectivity index (χ3n) is 2.17. The molecule has 1 nitrogen and oxygen atoms in total. The van der Waals surface area contributed by atoms with E-state index in [1.807, 2.05) is 0 Å². The van der Waals surface area contributed by atoms with E-state index in [1.165, 1.54) is 20.7 Å². The van der Waals surface area contributed by atoms with Crippen molar-refractivity contribution in [3.63, 3.8) is 0 Å². The molecule has 3 heteroatoms. The van der Waals surface area contributed by atoms with Crippen molar-refractivity contribution >= 4 is 33.3 Å². The van der Waals surface area contributed by atoms with Crippen LogP contribution in [0.3, 0.4) is 0 Å². The van der Waals surface area contributed by atoms with E-state index in [-0.39, 0.29) is 0 Å². The minimum absolute atomic E-state index is 1.01. The number of halogens is 1. The summed E-state index contributed by atoms with van der Waals surface area (Å²) in [4.78, 5) is 1.33. The number of rotatable bonds is 6. The predicted molar refractivity (Wildman–Crippen MR) is 73.4 cm³/mol. The van der Waals surface area contributed by atoms with Crippen molar-refractivity contribution in [2.24, 2.45) is 0 Å². The van der Waals surface area contributed by atoms with Crippen LogP contribution in [0.1, 0.15) is 31.6 Å². The highest BCUT2D eigenvalue weighted by atomic mass is 79.9. The molecule has 1 aromatic heterocycles. The summed E-state index contributed by atoms with van der Waals surface area (Å²) < 4.78 is 1.20. The van der Waals surface area contributed by atoms with Crippen LogP contribution in [0.5, 0.6) is 0 Å². The molecule has 0 spiro atoms. The number of hydrogen-bond acceptors (Lipinski definition) is 2. The van der Waals surface area contributed by atoms with Gasteiger partial charge in [0.15, 0.2) is 0 Å². The second-order valence-electron chi connectivity index (χ2n) is 3.47. The zero-order valence-corrected chi connectivity index (χ0v) is 11.7. The smallest absolute Gasteiger partial charge is 0.0704 e. The highest BCUT2D eigenvalue weighted by Crippen LogP contribution is 2.24. The van der Waals surface area contributed by atoms with Gasteiger partial charge < -0.3 is 5.32 Å². The molecule has 1 rings (SSSR count). The first-order valence-corrected chi connectivity index (χ1v) is 7.02. The summed E-state index contributed by atoms with van der Waals surface area (Å²) in [6.45, 7) is 6.52. The highest BCUT2D eigenvalue weighted by molar-refractivity contribution is 9.11. The largest absolute Gasteiger partial charge is 0.313 e. The molecule has 0 aliphatic carbocycles. The van der Waals surface area contributed by atoms with Crippen molar-refractivity contribution in [3.05, 3.63) is 26.4 Å². The monoisotopic (exact) mass is 287 g/mol. The van der Waals surface area contributed by atoms with Crippen LogP contribution < -0.4 is 5.32 Å². The fourth-order valence-corrected chi connectivity index (χ4v) is 2.73. The van der Waals surface area contributed by atoms with Gasteiger partial charge in [0.25, 0.3) is 0 Å². The Morgan fingerprint density at radius 3 is 2.80 bits per heavy atom. The molecular formula is C12H18BrNS. The summed E-state index contributed by atoms with van der Waals surface area (Å²) in [5.41, 5.74) is 1.47. The van der Waals surface area contributed by atoms with E-state index in [0.717, 1.165) is 19.5 Å². The summed E-state index contributed by atoms with van der Waals surface area (Å²) in [7, 11) is 0. The maximum atomic E-state index is 3.48. The van der Waals surface area contributed by atoms with Crippen LogP contribution in [0.25, 0.3) is 6.08 Å². The second kappa shape index (κ2) is 7.20. The van der Waals surface area contributed by atoms with Crippen LogP contribution in [0, 0.1) is 0 Å². The molecule has 0 aliphatic heterocycles. The molecule has 84 valence electrons. The van der Waals surface area contributed by atoms with E-state index in [4.69, 9.17) is 0 Å². The molecule has 0 bridgehead atoms. The predicted octanol–water partition coefficient (Wildman–Crippen LogP) is 4.30. The van der Waals surface area contributed by atoms with Gasteiger partial charge >= 0.3 is 0 Å². The minimum atomic E-state index is 1.01. The Balaban J connectivity index is 2.53. The molecule has 0 fully saturated rings. The first-order valence-electron chi connectivity index (χ1n) is 5.41. The first kappa shape index (κ1) is 12.9. The van der Waals surface area contributed by atoms with Crippen molar-refractivity contribution in [2.45, 2.75) is 26.7 Å². The van der Waals surface area contributed by atoms with Crippen LogP contribution in [-0.2, 0) is 0 Å². The van der Waals surface area contributed by atoms with Crippen LogP contribution in [0.2, 0.25) is 0 Å². The normalized spacial score (nSPS) is 12.1. The molecule has 0 saturated carbocycles. The van der Waals surface area contributed by atoms with Gasteiger partial charge in [0.1, 0.15) is 0 Å². The Hall–Kier alpha value is -0.120. The van der Waals surface area contributed by atoms with Gasteiger partial charge in [-0.1, -0.05) is 19.4 Å². The number of hydrogen-bond donors (Lipinski definition) is 1. The van der Waals surface area contributed by atoms with Crippen LogP contribution >= 0.6 is 27.3 Å². The van der Waals surface area contributed by atoms with Crippen LogP contribution in [0.4, 0.5) is 0 Å². The maximum absolute atomic E-state index is 3.48. The topological polar surface area (TPSA) is 12.0 Å². The Morgan fingerprint density at radius 1 is 1.47 bits per heavy atom. The van der Waals surface area contributed by atoms with Crippen LogP contribution in [0.15, 0.2) is 21.5 Å². The molecule has 0 aromatic carbocycles. The van der Waals surface area contributed by atoms with Gasteiger partial charge in [-0.2, -0.15) is 0 Å². The summed E-state index contributed by atoms with van der Waals surface area (Å²) in [6.07, 6.45) is 4.60. The van der Waals surface area contributed by atoms with Gasteiger partial charge in [-0.05, 0) is 53.5 Å². The molecule has 1 heterocycles. The molecule has 0 radical (unpaired) electrons. The average Bonchev–Trinajstić information content (AvgIpc) is 2.63. The van der Waals surface area contributed by atoms with E-state index in [0.29, 0.717) is 0 Å². The lowest BCUT2D eigenvalue weighted by atomic mass is 10.2. The fourth-order valence-electron chi connectivity index (χ4n) is 1.31. The number of thiophene rings is 1. The molecule has 0 aliphatic rings. The van der Waals surface area contributed by atoms with E-state index in [1.54, 1.807) is 11.3 Å². The molecule has 0 amide bonds. The van der Waals surface area contributed by atoms with Gasteiger partial charge in [0.2, 0.25) is 0 Å². The summed E-state index contributed by atoms with van der Waals surface area (Å²) in [5, 5.41) is 3.44. The van der Waals surface area contributed by atoms with Crippen molar-refractivity contribution in [1.29, 1.82) is 0 Å². The highest BCUT2D eigenvalue weighted by Gasteiger charge is 1.97. The van der Waals surface area contributed by atoms with Crippen LogP contribution in [-0.4, -0.2) is 13.1 Å². The molecule has 0 atom stereocenters. The zero-order chi connectivity index (χ0) is 11.1. The summed E-state index contributed by atoms with van der Waals surface area (Å²) >= 11 is 5.26. The molecule has 1 N–H and O–H groups in total. The van der Waals surface area contributed by atoms with Crippen molar-refractivity contribution in [2.75, 3.05) is 13.1 Å². The molecule has 0 unspecified atom stereocenters. The van der Waals surface area contributed by atoms with Gasteiger partial charge in [-0.15, -0.1) is 11.3 Å². The minimum Gasteiger partial charge on any atom is -0.313 e. The Kier molecular flexibility index (Phi) is 6.22. The van der Waals surface area contributed by atoms with Gasteiger partial charge in [-0.25, -0.2) is 0 Å². The maximum Gasteiger partial charge on any atom is 0.0704 e. The van der Waals surface area contributed by atoms with E-state index in [2.05, 4.69) is 53.3 Å². The average molecular weight is 288 g/mol. The van der Waals surface area contributed by atoms with Gasteiger partial charge in [-0.3, -0.25) is 0 Å². The SMILES string of the molecule is CCCNCC(=Cc1ccc(Br)s1)CC. The van der Waals surface area contributed by atoms with Crippen molar-refractivity contribution in [3.8, 4) is 0 Å². The molecular weight excluding hydrogens is 270 g/mol. The third kappa shape index (κ3) is 4.96. The third-order valence-corrected chi connectivity index (χ3v) is 3.74. The van der Waals surface area contributed by atoms with Crippen molar-refractivity contribution in [1.82, 2.24) is 5.32 Å². The quantitative estimate of drug-likeness (QED) is 0.769. The summed E-state index contributed by atoms with van der Waals surface area (Å²) in [6, 6.07) is 4.26. The van der Waals surface area contributed by atoms with E-state index < -0.39 is 0 Å². The standard InChI is InChI=1S/C12H18BrNS/c1-3-7-14-9-10(4-2)8-11-5-6-12(13)15-11/h5-6,8,14H,3-4,7,9H2,1-2H3. The lowest BCUT2D eigenvalue weighted by Crippen LogP contribution is -2.17.